The molecule has 102 valence electrons. The van der Waals surface area contributed by atoms with Gasteiger partial charge in [-0.2, -0.15) is 5.10 Å². The molecule has 6 nitrogen and oxygen atoms in total. The zero-order valence-corrected chi connectivity index (χ0v) is 11.3. The van der Waals surface area contributed by atoms with Crippen molar-refractivity contribution in [2.45, 2.75) is 13.0 Å². The van der Waals surface area contributed by atoms with Gasteiger partial charge in [0.15, 0.2) is 5.15 Å². The van der Waals surface area contributed by atoms with Gasteiger partial charge in [0.1, 0.15) is 0 Å². The van der Waals surface area contributed by atoms with Gasteiger partial charge < -0.3 is 14.5 Å². The van der Waals surface area contributed by atoms with E-state index in [1.807, 2.05) is 15.9 Å². The molecule has 0 aromatic carbocycles. The summed E-state index contributed by atoms with van der Waals surface area (Å²) in [6.07, 6.45) is 0.778. The smallest absolute Gasteiger partial charge is 0.320 e. The summed E-state index contributed by atoms with van der Waals surface area (Å²) in [7, 11) is 0. The lowest BCUT2D eigenvalue weighted by molar-refractivity contribution is 0.0420. The second-order valence-corrected chi connectivity index (χ2v) is 5.08. The molecule has 0 unspecified atom stereocenters. The van der Waals surface area contributed by atoms with Crippen LogP contribution in [0.15, 0.2) is 6.07 Å². The van der Waals surface area contributed by atoms with Crippen molar-refractivity contribution < 1.29 is 9.53 Å². The number of halogens is 1. The van der Waals surface area contributed by atoms with Crippen LogP contribution in [0.4, 0.5) is 4.79 Å². The molecule has 0 atom stereocenters. The Hall–Kier alpha value is -1.40. The molecule has 1 aromatic heterocycles. The average Bonchev–Trinajstić information content (AvgIpc) is 2.47. The number of urea groups is 1. The van der Waals surface area contributed by atoms with Crippen LogP contribution in [-0.4, -0.2) is 58.9 Å². The molecule has 1 saturated heterocycles. The minimum atomic E-state index is 0.0608. The van der Waals surface area contributed by atoms with Crippen molar-refractivity contribution in [3.8, 4) is 0 Å². The van der Waals surface area contributed by atoms with Crippen LogP contribution in [-0.2, 0) is 17.7 Å². The third-order valence-corrected chi connectivity index (χ3v) is 3.66. The minimum absolute atomic E-state index is 0.0608. The minimum Gasteiger partial charge on any atom is -0.378 e. The number of nitrogens with zero attached hydrogens (tertiary/aromatic N) is 4. The molecule has 0 aliphatic carbocycles. The number of carbonyl (C=O) groups excluding carboxylic acids is 1. The summed E-state index contributed by atoms with van der Waals surface area (Å²) < 4.78 is 5.26. The van der Waals surface area contributed by atoms with Gasteiger partial charge in [-0.1, -0.05) is 11.6 Å². The number of hydrogen-bond acceptors (Lipinski definition) is 4. The molecule has 0 bridgehead atoms. The second-order valence-electron chi connectivity index (χ2n) is 4.69. The molecule has 2 aliphatic rings. The Balaban J connectivity index is 1.71. The molecule has 0 spiro atoms. The van der Waals surface area contributed by atoms with Crippen LogP contribution in [0, 0.1) is 0 Å². The van der Waals surface area contributed by atoms with Gasteiger partial charge in [-0.25, -0.2) is 4.79 Å². The van der Waals surface area contributed by atoms with E-state index in [1.165, 1.54) is 0 Å². The predicted molar refractivity (Wildman–Crippen MR) is 68.9 cm³/mol. The highest BCUT2D eigenvalue weighted by molar-refractivity contribution is 6.29. The van der Waals surface area contributed by atoms with E-state index in [4.69, 9.17) is 16.3 Å². The van der Waals surface area contributed by atoms with Crippen LogP contribution in [0.1, 0.15) is 11.3 Å². The van der Waals surface area contributed by atoms with Gasteiger partial charge in [-0.3, -0.25) is 0 Å². The number of ether oxygens (including phenoxy) is 1. The predicted octanol–water partition coefficient (Wildman–Crippen LogP) is 0.940. The largest absolute Gasteiger partial charge is 0.378 e. The fourth-order valence-electron chi connectivity index (χ4n) is 2.41. The third kappa shape index (κ3) is 2.64. The van der Waals surface area contributed by atoms with Crippen LogP contribution < -0.4 is 0 Å². The summed E-state index contributed by atoms with van der Waals surface area (Å²) in [6.45, 7) is 3.76. The van der Waals surface area contributed by atoms with Crippen molar-refractivity contribution >= 4 is 17.6 Å². The maximum atomic E-state index is 12.4. The lowest BCUT2D eigenvalue weighted by Crippen LogP contribution is -2.49. The first-order valence-corrected chi connectivity index (χ1v) is 6.74. The van der Waals surface area contributed by atoms with E-state index < -0.39 is 0 Å². The molecule has 3 rings (SSSR count). The number of carbonyl (C=O) groups is 1. The Labute approximate surface area is 116 Å². The molecule has 0 radical (unpaired) electrons. The summed E-state index contributed by atoms with van der Waals surface area (Å²) in [6, 6.07) is 1.89. The Morgan fingerprint density at radius 3 is 2.79 bits per heavy atom. The highest BCUT2D eigenvalue weighted by Gasteiger charge is 2.27. The van der Waals surface area contributed by atoms with Gasteiger partial charge in [0.2, 0.25) is 0 Å². The molecule has 2 amide bonds. The molecule has 0 N–H and O–H groups in total. The quantitative estimate of drug-likeness (QED) is 0.711. The van der Waals surface area contributed by atoms with E-state index in [2.05, 4.69) is 10.2 Å². The van der Waals surface area contributed by atoms with E-state index in [9.17, 15) is 4.79 Å². The van der Waals surface area contributed by atoms with Crippen molar-refractivity contribution in [3.63, 3.8) is 0 Å². The first-order valence-electron chi connectivity index (χ1n) is 6.36. The number of hydrogen-bond donors (Lipinski definition) is 0. The van der Waals surface area contributed by atoms with E-state index in [0.717, 1.165) is 17.7 Å². The Morgan fingerprint density at radius 1 is 1.21 bits per heavy atom. The van der Waals surface area contributed by atoms with Crippen molar-refractivity contribution in [2.24, 2.45) is 0 Å². The fraction of sp³-hybridized carbons (Fsp3) is 0.583. The molecule has 19 heavy (non-hydrogen) atoms. The van der Waals surface area contributed by atoms with E-state index in [-0.39, 0.29) is 6.03 Å². The Morgan fingerprint density at radius 2 is 2.00 bits per heavy atom. The van der Waals surface area contributed by atoms with Crippen molar-refractivity contribution in [1.29, 1.82) is 0 Å². The Bertz CT molecular complexity index is 491. The van der Waals surface area contributed by atoms with Crippen molar-refractivity contribution in [2.75, 3.05) is 32.8 Å². The fourth-order valence-corrected chi connectivity index (χ4v) is 2.58. The van der Waals surface area contributed by atoms with Gasteiger partial charge in [-0.05, 0) is 18.1 Å². The molecular formula is C12H15ClN4O2. The second kappa shape index (κ2) is 5.30. The molecule has 2 aliphatic heterocycles. The lowest BCUT2D eigenvalue weighted by Gasteiger charge is -2.34. The summed E-state index contributed by atoms with van der Waals surface area (Å²) >= 11 is 5.82. The summed E-state index contributed by atoms with van der Waals surface area (Å²) in [4.78, 5) is 16.0. The monoisotopic (exact) mass is 282 g/mol. The van der Waals surface area contributed by atoms with E-state index in [1.54, 1.807) is 0 Å². The summed E-state index contributed by atoms with van der Waals surface area (Å²) in [5, 5.41) is 8.33. The number of aromatic nitrogens is 2. The van der Waals surface area contributed by atoms with Crippen LogP contribution in [0.2, 0.25) is 5.15 Å². The highest BCUT2D eigenvalue weighted by Crippen LogP contribution is 2.19. The third-order valence-electron chi connectivity index (χ3n) is 3.47. The van der Waals surface area contributed by atoms with Crippen molar-refractivity contribution in [1.82, 2.24) is 20.0 Å². The SMILES string of the molecule is O=C(N1CCOCC1)N1CCc2cc(Cl)nnc2C1. The summed E-state index contributed by atoms with van der Waals surface area (Å²) in [5.74, 6) is 0. The maximum Gasteiger partial charge on any atom is 0.320 e. The topological polar surface area (TPSA) is 58.6 Å². The lowest BCUT2D eigenvalue weighted by atomic mass is 10.1. The van der Waals surface area contributed by atoms with Gasteiger partial charge in [-0.15, -0.1) is 5.10 Å². The number of amides is 2. The number of morpholine rings is 1. The number of fused-ring (bicyclic) bond motifs is 1. The first-order chi connectivity index (χ1) is 9.24. The molecule has 3 heterocycles. The van der Waals surface area contributed by atoms with Crippen LogP contribution >= 0.6 is 11.6 Å². The van der Waals surface area contributed by atoms with E-state index >= 15 is 0 Å². The average molecular weight is 283 g/mol. The van der Waals surface area contributed by atoms with Gasteiger partial charge in [0, 0.05) is 19.6 Å². The number of rotatable bonds is 0. The molecule has 7 heteroatoms. The molecule has 0 saturated carbocycles. The van der Waals surface area contributed by atoms with Gasteiger partial charge in [0.05, 0.1) is 25.5 Å². The van der Waals surface area contributed by atoms with Crippen LogP contribution in [0.5, 0.6) is 0 Å². The first kappa shape index (κ1) is 12.6. The van der Waals surface area contributed by atoms with E-state index in [0.29, 0.717) is 44.5 Å². The molecule has 1 aromatic rings. The van der Waals surface area contributed by atoms with Gasteiger partial charge in [0.25, 0.3) is 0 Å². The standard InChI is InChI=1S/C12H15ClN4O2/c13-11-7-9-1-2-17(8-10(9)14-15-11)12(18)16-3-5-19-6-4-16/h7H,1-6,8H2. The molecular weight excluding hydrogens is 268 g/mol. The highest BCUT2D eigenvalue weighted by atomic mass is 35.5. The zero-order chi connectivity index (χ0) is 13.2. The van der Waals surface area contributed by atoms with Crippen LogP contribution in [0.25, 0.3) is 0 Å². The molecule has 1 fully saturated rings. The van der Waals surface area contributed by atoms with Crippen molar-refractivity contribution in [3.05, 3.63) is 22.5 Å². The Kier molecular flexibility index (Phi) is 3.52. The van der Waals surface area contributed by atoms with Gasteiger partial charge >= 0.3 is 6.03 Å². The summed E-state index contributed by atoms with van der Waals surface area (Å²) in [5.41, 5.74) is 1.93. The normalized spacial score (nSPS) is 19.2. The van der Waals surface area contributed by atoms with Crippen LogP contribution in [0.3, 0.4) is 0 Å². The maximum absolute atomic E-state index is 12.4. The zero-order valence-electron chi connectivity index (χ0n) is 10.5.